The van der Waals surface area contributed by atoms with Gasteiger partial charge in [0.15, 0.2) is 5.96 Å². The van der Waals surface area contributed by atoms with E-state index in [1.54, 1.807) is 18.4 Å². The van der Waals surface area contributed by atoms with Crippen molar-refractivity contribution in [1.82, 2.24) is 15.2 Å². The molecule has 1 N–H and O–H groups in total. The molecule has 2 rings (SSSR count). The predicted octanol–water partition coefficient (Wildman–Crippen LogP) is 3.03. The molecule has 0 aromatic carbocycles. The fourth-order valence-corrected chi connectivity index (χ4v) is 3.87. The molecule has 1 aliphatic rings. The standard InChI is InChI=1S/C19H34N4O2S/c1-19(2,3)16-14-26-17(22-16)13-21-18(20-4)23-9-7-15(8-10-23)25-12-6-11-24-5/h14-15H,6-13H2,1-5H3,(H,20,21). The maximum Gasteiger partial charge on any atom is 0.193 e. The smallest absolute Gasteiger partial charge is 0.193 e. The van der Waals surface area contributed by atoms with Gasteiger partial charge >= 0.3 is 0 Å². The first-order valence-corrected chi connectivity index (χ1v) is 10.3. The minimum absolute atomic E-state index is 0.0988. The number of nitrogens with zero attached hydrogens (tertiary/aromatic N) is 3. The average Bonchev–Trinajstić information content (AvgIpc) is 3.10. The molecule has 1 aromatic heterocycles. The van der Waals surface area contributed by atoms with Gasteiger partial charge in [-0.3, -0.25) is 4.99 Å². The van der Waals surface area contributed by atoms with Crippen LogP contribution in [0.25, 0.3) is 0 Å². The summed E-state index contributed by atoms with van der Waals surface area (Å²) in [5.41, 5.74) is 1.25. The highest BCUT2D eigenvalue weighted by molar-refractivity contribution is 7.09. The lowest BCUT2D eigenvalue weighted by atomic mass is 9.93. The molecule has 0 unspecified atom stereocenters. The monoisotopic (exact) mass is 382 g/mol. The van der Waals surface area contributed by atoms with E-state index in [1.807, 2.05) is 7.05 Å². The molecule has 0 bridgehead atoms. The molecule has 0 amide bonds. The van der Waals surface area contributed by atoms with E-state index in [0.717, 1.165) is 68.8 Å². The minimum Gasteiger partial charge on any atom is -0.385 e. The average molecular weight is 383 g/mol. The third-order valence-corrected chi connectivity index (χ3v) is 5.37. The molecule has 6 nitrogen and oxygen atoms in total. The molecular formula is C19H34N4O2S. The SMILES string of the molecule is CN=C(NCc1nc(C(C)(C)C)cs1)N1CCC(OCCCOC)CC1. The Morgan fingerprint density at radius 3 is 2.65 bits per heavy atom. The Bertz CT molecular complexity index is 560. The number of nitrogens with one attached hydrogen (secondary N) is 1. The second-order valence-corrected chi connectivity index (χ2v) is 8.62. The van der Waals surface area contributed by atoms with E-state index in [0.29, 0.717) is 6.10 Å². The molecule has 1 aliphatic heterocycles. The lowest BCUT2D eigenvalue weighted by Gasteiger charge is -2.34. The van der Waals surface area contributed by atoms with Crippen molar-refractivity contribution in [2.75, 3.05) is 40.5 Å². The van der Waals surface area contributed by atoms with Gasteiger partial charge in [0.25, 0.3) is 0 Å². The number of likely N-dealkylation sites (tertiary alicyclic amines) is 1. The first-order chi connectivity index (χ1) is 12.4. The molecule has 1 fully saturated rings. The number of hydrogen-bond donors (Lipinski definition) is 1. The van der Waals surface area contributed by atoms with Crippen LogP contribution in [0.2, 0.25) is 0 Å². The van der Waals surface area contributed by atoms with E-state index in [1.165, 1.54) is 0 Å². The third kappa shape index (κ3) is 6.52. The van der Waals surface area contributed by atoms with Gasteiger partial charge in [-0.05, 0) is 19.3 Å². The fraction of sp³-hybridized carbons (Fsp3) is 0.789. The number of aliphatic imine (C=N–C) groups is 1. The van der Waals surface area contributed by atoms with E-state index in [9.17, 15) is 0 Å². The van der Waals surface area contributed by atoms with Crippen molar-refractivity contribution in [2.45, 2.75) is 58.1 Å². The van der Waals surface area contributed by atoms with Crippen molar-refractivity contribution in [3.63, 3.8) is 0 Å². The highest BCUT2D eigenvalue weighted by Crippen LogP contribution is 2.23. The van der Waals surface area contributed by atoms with E-state index >= 15 is 0 Å². The van der Waals surface area contributed by atoms with Gasteiger partial charge in [0.2, 0.25) is 0 Å². The summed E-state index contributed by atoms with van der Waals surface area (Å²) in [6.45, 7) is 10.8. The number of thiazole rings is 1. The Labute approximate surface area is 162 Å². The lowest BCUT2D eigenvalue weighted by molar-refractivity contribution is 0.00989. The molecule has 26 heavy (non-hydrogen) atoms. The zero-order valence-electron chi connectivity index (χ0n) is 16.9. The summed E-state index contributed by atoms with van der Waals surface area (Å²) in [5, 5.41) is 6.72. The number of ether oxygens (including phenoxy) is 2. The Kier molecular flexibility index (Phi) is 8.31. The molecule has 148 valence electrons. The maximum atomic E-state index is 5.94. The summed E-state index contributed by atoms with van der Waals surface area (Å²) in [6, 6.07) is 0. The molecule has 1 aromatic rings. The number of aromatic nitrogens is 1. The third-order valence-electron chi connectivity index (χ3n) is 4.52. The van der Waals surface area contributed by atoms with Crippen LogP contribution in [-0.2, 0) is 21.4 Å². The predicted molar refractivity (Wildman–Crippen MR) is 108 cm³/mol. The Balaban J connectivity index is 1.75. The van der Waals surface area contributed by atoms with Crippen molar-refractivity contribution in [2.24, 2.45) is 4.99 Å². The molecule has 0 spiro atoms. The van der Waals surface area contributed by atoms with E-state index in [-0.39, 0.29) is 5.41 Å². The zero-order valence-corrected chi connectivity index (χ0v) is 17.7. The van der Waals surface area contributed by atoms with Gasteiger partial charge in [0.1, 0.15) is 5.01 Å². The van der Waals surface area contributed by atoms with Gasteiger partial charge in [-0.1, -0.05) is 20.8 Å². The van der Waals surface area contributed by atoms with Crippen molar-refractivity contribution in [3.8, 4) is 0 Å². The molecule has 0 atom stereocenters. The number of guanidine groups is 1. The van der Waals surface area contributed by atoms with E-state index < -0.39 is 0 Å². The lowest BCUT2D eigenvalue weighted by Crippen LogP contribution is -2.46. The van der Waals surface area contributed by atoms with Crippen molar-refractivity contribution < 1.29 is 9.47 Å². The van der Waals surface area contributed by atoms with Gasteiger partial charge in [0.05, 0.1) is 18.3 Å². The summed E-state index contributed by atoms with van der Waals surface area (Å²) < 4.78 is 11.0. The molecule has 2 heterocycles. The van der Waals surface area contributed by atoms with Gasteiger partial charge in [-0.15, -0.1) is 11.3 Å². The maximum absolute atomic E-state index is 5.94. The Hall–Kier alpha value is -1.18. The molecule has 0 saturated carbocycles. The molecule has 0 radical (unpaired) electrons. The second kappa shape index (κ2) is 10.2. The number of hydrogen-bond acceptors (Lipinski definition) is 5. The molecular weight excluding hydrogens is 348 g/mol. The van der Waals surface area contributed by atoms with E-state index in [2.05, 4.69) is 41.4 Å². The van der Waals surface area contributed by atoms with Crippen LogP contribution >= 0.6 is 11.3 Å². The number of piperidine rings is 1. The summed E-state index contributed by atoms with van der Waals surface area (Å²) in [4.78, 5) is 11.5. The highest BCUT2D eigenvalue weighted by atomic mass is 32.1. The quantitative estimate of drug-likeness (QED) is 0.446. The molecule has 1 saturated heterocycles. The van der Waals surface area contributed by atoms with Gasteiger partial charge in [-0.25, -0.2) is 4.98 Å². The second-order valence-electron chi connectivity index (χ2n) is 7.68. The van der Waals surface area contributed by atoms with Crippen LogP contribution in [0, 0.1) is 0 Å². The van der Waals surface area contributed by atoms with Crippen LogP contribution in [0.3, 0.4) is 0 Å². The normalized spacial score (nSPS) is 17.0. The van der Waals surface area contributed by atoms with Gasteiger partial charge in [0, 0.05) is 51.3 Å². The summed E-state index contributed by atoms with van der Waals surface area (Å²) in [7, 11) is 3.57. The largest absolute Gasteiger partial charge is 0.385 e. The van der Waals surface area contributed by atoms with Crippen LogP contribution in [0.15, 0.2) is 10.4 Å². The van der Waals surface area contributed by atoms with Crippen LogP contribution in [0.1, 0.15) is 50.7 Å². The van der Waals surface area contributed by atoms with Crippen molar-refractivity contribution >= 4 is 17.3 Å². The first kappa shape index (κ1) is 21.1. The Morgan fingerprint density at radius 2 is 2.08 bits per heavy atom. The molecule has 0 aliphatic carbocycles. The topological polar surface area (TPSA) is 59.0 Å². The zero-order chi connectivity index (χ0) is 19.0. The minimum atomic E-state index is 0.0988. The van der Waals surface area contributed by atoms with Crippen molar-refractivity contribution in [1.29, 1.82) is 0 Å². The fourth-order valence-electron chi connectivity index (χ4n) is 2.91. The highest BCUT2D eigenvalue weighted by Gasteiger charge is 2.22. The summed E-state index contributed by atoms with van der Waals surface area (Å²) >= 11 is 1.71. The van der Waals surface area contributed by atoms with Crippen molar-refractivity contribution in [3.05, 3.63) is 16.1 Å². The summed E-state index contributed by atoms with van der Waals surface area (Å²) in [6.07, 6.45) is 3.40. The summed E-state index contributed by atoms with van der Waals surface area (Å²) in [5.74, 6) is 0.954. The van der Waals surface area contributed by atoms with Crippen LogP contribution in [-0.4, -0.2) is 62.4 Å². The first-order valence-electron chi connectivity index (χ1n) is 9.45. The van der Waals surface area contributed by atoms with Crippen LogP contribution in [0.5, 0.6) is 0 Å². The molecule has 7 heteroatoms. The Morgan fingerprint density at radius 1 is 1.35 bits per heavy atom. The number of rotatable bonds is 7. The van der Waals surface area contributed by atoms with Gasteiger partial charge in [-0.2, -0.15) is 0 Å². The number of methoxy groups -OCH3 is 1. The van der Waals surface area contributed by atoms with Gasteiger partial charge < -0.3 is 19.7 Å². The van der Waals surface area contributed by atoms with Crippen LogP contribution in [0.4, 0.5) is 0 Å². The van der Waals surface area contributed by atoms with Crippen LogP contribution < -0.4 is 5.32 Å². The van der Waals surface area contributed by atoms with E-state index in [4.69, 9.17) is 14.5 Å².